The van der Waals surface area contributed by atoms with Crippen LogP contribution >= 0.6 is 36.0 Å². The first-order valence-electron chi connectivity index (χ1n) is 7.10. The molecule has 2 N–H and O–H groups in total. The number of ether oxygens (including phenoxy) is 1. The molecule has 132 valence electrons. The number of nitrogens with one attached hydrogen (secondary N) is 2. The number of nitro benzene ring substituents is 1. The Kier molecular flexibility index (Phi) is 5.26. The van der Waals surface area contributed by atoms with E-state index in [0.717, 1.165) is 0 Å². The summed E-state index contributed by atoms with van der Waals surface area (Å²) in [7, 11) is 0. The van der Waals surface area contributed by atoms with Gasteiger partial charge in [-0.2, -0.15) is 9.78 Å². The van der Waals surface area contributed by atoms with Gasteiger partial charge in [-0.3, -0.25) is 20.3 Å². The predicted molar refractivity (Wildman–Crippen MR) is 102 cm³/mol. The van der Waals surface area contributed by atoms with E-state index in [9.17, 15) is 10.1 Å². The molecular weight excluding hydrogens is 398 g/mol. The zero-order valence-corrected chi connectivity index (χ0v) is 15.3. The number of halogens is 1. The fraction of sp³-hybridized carbons (Fsp3) is 0. The number of rotatable bonds is 5. The Balaban J connectivity index is 1.95. The molecule has 0 atom stereocenters. The topological polar surface area (TPSA) is 101 Å². The normalized spacial score (nSPS) is 11.0. The van der Waals surface area contributed by atoms with Crippen LogP contribution in [0.4, 0.5) is 5.69 Å². The molecule has 8 nitrogen and oxygen atoms in total. The second-order valence-corrected chi connectivity index (χ2v) is 6.11. The van der Waals surface area contributed by atoms with Gasteiger partial charge in [0, 0.05) is 11.6 Å². The van der Waals surface area contributed by atoms with Gasteiger partial charge in [-0.15, -0.1) is 0 Å². The smallest absolute Gasteiger partial charge is 0.312 e. The van der Waals surface area contributed by atoms with Crippen LogP contribution in [0.25, 0.3) is 0 Å². The van der Waals surface area contributed by atoms with Gasteiger partial charge in [-0.05, 0) is 48.7 Å². The third kappa shape index (κ3) is 3.87. The van der Waals surface area contributed by atoms with Crippen molar-refractivity contribution in [3.05, 3.63) is 72.7 Å². The molecule has 1 heterocycles. The van der Waals surface area contributed by atoms with Gasteiger partial charge in [0.25, 0.3) is 0 Å². The number of para-hydroxylation sites is 1. The van der Waals surface area contributed by atoms with E-state index in [1.165, 1.54) is 23.0 Å². The van der Waals surface area contributed by atoms with Crippen LogP contribution in [0.2, 0.25) is 5.02 Å². The molecule has 26 heavy (non-hydrogen) atoms. The van der Waals surface area contributed by atoms with Crippen LogP contribution in [0.1, 0.15) is 5.56 Å². The Hall–Kier alpha value is -2.82. The van der Waals surface area contributed by atoms with E-state index in [1.807, 2.05) is 0 Å². The summed E-state index contributed by atoms with van der Waals surface area (Å²) >= 11 is 16.1. The van der Waals surface area contributed by atoms with Crippen molar-refractivity contribution < 1.29 is 9.66 Å². The molecule has 0 fully saturated rings. The highest BCUT2D eigenvalue weighted by Gasteiger charge is 2.17. The van der Waals surface area contributed by atoms with Crippen molar-refractivity contribution in [2.24, 2.45) is 5.10 Å². The summed E-state index contributed by atoms with van der Waals surface area (Å²) < 4.78 is 7.42. The standard InChI is InChI=1S/C15H10ClN5O3S2/c16-10-3-1-2-4-12(10)24-13-6-5-9(7-11(13)21(22)23)8-17-20-14(25)18-19-15(20)26/h1-8H,(H,18,25)(H,19,26)/b17-8-. The summed E-state index contributed by atoms with van der Waals surface area (Å²) in [5.74, 6) is 0.388. The maximum absolute atomic E-state index is 11.4. The van der Waals surface area contributed by atoms with Gasteiger partial charge in [0.05, 0.1) is 16.2 Å². The molecule has 0 unspecified atom stereocenters. The van der Waals surface area contributed by atoms with E-state index < -0.39 is 4.92 Å². The number of hydrogen-bond donors (Lipinski definition) is 2. The van der Waals surface area contributed by atoms with Gasteiger partial charge in [-0.1, -0.05) is 23.7 Å². The molecule has 0 aliphatic rings. The molecule has 0 saturated carbocycles. The second kappa shape index (κ2) is 7.60. The summed E-state index contributed by atoms with van der Waals surface area (Å²) in [5, 5.41) is 21.1. The van der Waals surface area contributed by atoms with Gasteiger partial charge >= 0.3 is 5.69 Å². The van der Waals surface area contributed by atoms with Crippen molar-refractivity contribution >= 4 is 47.9 Å². The number of hydrogen-bond acceptors (Lipinski definition) is 6. The molecule has 0 amide bonds. The lowest BCUT2D eigenvalue weighted by Gasteiger charge is -2.08. The quantitative estimate of drug-likeness (QED) is 0.273. The zero-order valence-electron chi connectivity index (χ0n) is 12.9. The molecule has 1 aromatic heterocycles. The average Bonchev–Trinajstić information content (AvgIpc) is 2.94. The Morgan fingerprint density at radius 1 is 1.15 bits per heavy atom. The predicted octanol–water partition coefficient (Wildman–Crippen LogP) is 4.84. The maximum Gasteiger partial charge on any atom is 0.312 e. The SMILES string of the molecule is O=[N+]([O-])c1cc(/C=N\n2c(=S)[nH][nH]c2=S)ccc1Oc1ccccc1Cl. The molecule has 3 rings (SSSR count). The first-order valence-corrected chi connectivity index (χ1v) is 8.30. The van der Waals surface area contributed by atoms with Gasteiger partial charge in [0.15, 0.2) is 0 Å². The number of nitro groups is 1. The van der Waals surface area contributed by atoms with Crippen molar-refractivity contribution in [2.75, 3.05) is 0 Å². The lowest BCUT2D eigenvalue weighted by Crippen LogP contribution is -1.96. The average molecular weight is 408 g/mol. The minimum Gasteiger partial charge on any atom is -0.449 e. The monoisotopic (exact) mass is 407 g/mol. The van der Waals surface area contributed by atoms with Crippen molar-refractivity contribution in [2.45, 2.75) is 0 Å². The van der Waals surface area contributed by atoms with Crippen LogP contribution in [0, 0.1) is 19.7 Å². The molecule has 2 aromatic carbocycles. The summed E-state index contributed by atoms with van der Waals surface area (Å²) in [5.41, 5.74) is 0.248. The summed E-state index contributed by atoms with van der Waals surface area (Å²) in [6, 6.07) is 11.1. The molecule has 0 aliphatic carbocycles. The number of aromatic amines is 2. The van der Waals surface area contributed by atoms with Crippen LogP contribution < -0.4 is 4.74 Å². The van der Waals surface area contributed by atoms with Crippen LogP contribution in [-0.2, 0) is 0 Å². The fourth-order valence-electron chi connectivity index (χ4n) is 2.02. The lowest BCUT2D eigenvalue weighted by molar-refractivity contribution is -0.385. The highest BCUT2D eigenvalue weighted by Crippen LogP contribution is 2.35. The molecule has 11 heteroatoms. The number of benzene rings is 2. The number of aromatic nitrogens is 3. The van der Waals surface area contributed by atoms with E-state index in [2.05, 4.69) is 15.3 Å². The Morgan fingerprint density at radius 3 is 2.50 bits per heavy atom. The van der Waals surface area contributed by atoms with Gasteiger partial charge < -0.3 is 4.74 Å². The van der Waals surface area contributed by atoms with E-state index in [0.29, 0.717) is 16.3 Å². The molecule has 3 aromatic rings. The maximum atomic E-state index is 11.4. The fourth-order valence-corrected chi connectivity index (χ4v) is 2.64. The molecule has 0 bridgehead atoms. The van der Waals surface area contributed by atoms with E-state index in [-0.39, 0.29) is 21.0 Å². The summed E-state index contributed by atoms with van der Waals surface area (Å²) in [6.07, 6.45) is 1.40. The van der Waals surface area contributed by atoms with E-state index in [1.54, 1.807) is 30.3 Å². The van der Waals surface area contributed by atoms with Gasteiger partial charge in [0.2, 0.25) is 15.3 Å². The van der Waals surface area contributed by atoms with Gasteiger partial charge in [-0.25, -0.2) is 0 Å². The van der Waals surface area contributed by atoms with Crippen molar-refractivity contribution in [1.82, 2.24) is 14.9 Å². The Morgan fingerprint density at radius 2 is 1.85 bits per heavy atom. The molecular formula is C15H10ClN5O3S2. The third-order valence-corrected chi connectivity index (χ3v) is 4.08. The Bertz CT molecular complexity index is 1090. The van der Waals surface area contributed by atoms with Crippen LogP contribution in [-0.4, -0.2) is 26.0 Å². The van der Waals surface area contributed by atoms with E-state index in [4.69, 9.17) is 40.8 Å². The second-order valence-electron chi connectivity index (χ2n) is 4.93. The first-order chi connectivity index (χ1) is 12.5. The van der Waals surface area contributed by atoms with Crippen molar-refractivity contribution in [3.63, 3.8) is 0 Å². The van der Waals surface area contributed by atoms with Crippen molar-refractivity contribution in [3.8, 4) is 11.5 Å². The molecule has 0 spiro atoms. The minimum absolute atomic E-state index is 0.0656. The molecule has 0 saturated heterocycles. The lowest BCUT2D eigenvalue weighted by atomic mass is 10.2. The van der Waals surface area contributed by atoms with Crippen LogP contribution in [0.15, 0.2) is 47.6 Å². The van der Waals surface area contributed by atoms with Crippen LogP contribution in [0.3, 0.4) is 0 Å². The Labute approximate surface area is 161 Å². The largest absolute Gasteiger partial charge is 0.449 e. The summed E-state index contributed by atoms with van der Waals surface area (Å²) in [6.45, 7) is 0. The minimum atomic E-state index is -0.544. The van der Waals surface area contributed by atoms with E-state index >= 15 is 0 Å². The first kappa shape index (κ1) is 18.0. The van der Waals surface area contributed by atoms with Gasteiger partial charge in [0.1, 0.15) is 5.75 Å². The van der Waals surface area contributed by atoms with Crippen molar-refractivity contribution in [1.29, 1.82) is 0 Å². The summed E-state index contributed by atoms with van der Waals surface area (Å²) in [4.78, 5) is 10.8. The number of H-pyrrole nitrogens is 2. The highest BCUT2D eigenvalue weighted by molar-refractivity contribution is 7.72. The molecule has 0 radical (unpaired) electrons. The zero-order chi connectivity index (χ0) is 18.7. The third-order valence-electron chi connectivity index (χ3n) is 3.22. The molecule has 0 aliphatic heterocycles. The highest BCUT2D eigenvalue weighted by atomic mass is 35.5. The van der Waals surface area contributed by atoms with Crippen LogP contribution in [0.5, 0.6) is 11.5 Å². The number of nitrogens with zero attached hydrogens (tertiary/aromatic N) is 3.